The van der Waals surface area contributed by atoms with E-state index in [0.717, 1.165) is 18.7 Å². The highest BCUT2D eigenvalue weighted by Gasteiger charge is 2.13. The Morgan fingerprint density at radius 2 is 1.94 bits per heavy atom. The Morgan fingerprint density at radius 3 is 2.47 bits per heavy atom. The van der Waals surface area contributed by atoms with Crippen molar-refractivity contribution in [1.82, 2.24) is 4.90 Å². The van der Waals surface area contributed by atoms with Gasteiger partial charge in [-0.2, -0.15) is 0 Å². The number of nitrogen functional groups attached to an aromatic ring is 1. The van der Waals surface area contributed by atoms with Gasteiger partial charge in [-0.25, -0.2) is 0 Å². The van der Waals surface area contributed by atoms with E-state index in [4.69, 9.17) is 5.73 Å². The third-order valence-electron chi connectivity index (χ3n) is 2.60. The normalized spacial score (nSPS) is 10.1. The van der Waals surface area contributed by atoms with Crippen LogP contribution in [-0.4, -0.2) is 38.0 Å². The average molecular weight is 235 g/mol. The molecule has 94 valence electrons. The number of anilines is 2. The summed E-state index contributed by atoms with van der Waals surface area (Å²) in [5.41, 5.74) is 7.59. The van der Waals surface area contributed by atoms with Gasteiger partial charge in [0.2, 0.25) is 5.91 Å². The monoisotopic (exact) mass is 235 g/mol. The molecule has 0 saturated carbocycles. The van der Waals surface area contributed by atoms with Crippen LogP contribution >= 0.6 is 0 Å². The molecule has 0 aromatic heterocycles. The lowest BCUT2D eigenvalue weighted by molar-refractivity contribution is -0.127. The Labute approximate surface area is 103 Å². The predicted molar refractivity (Wildman–Crippen MR) is 72.1 cm³/mol. The summed E-state index contributed by atoms with van der Waals surface area (Å²) in [4.78, 5) is 15.4. The molecule has 0 spiro atoms. The van der Waals surface area contributed by atoms with Gasteiger partial charge in [-0.05, 0) is 18.6 Å². The van der Waals surface area contributed by atoms with Gasteiger partial charge >= 0.3 is 0 Å². The van der Waals surface area contributed by atoms with E-state index < -0.39 is 0 Å². The summed E-state index contributed by atoms with van der Waals surface area (Å²) in [6.45, 7) is 3.29. The quantitative estimate of drug-likeness (QED) is 0.788. The maximum Gasteiger partial charge on any atom is 0.241 e. The van der Waals surface area contributed by atoms with E-state index in [-0.39, 0.29) is 5.91 Å². The molecule has 0 heterocycles. The van der Waals surface area contributed by atoms with E-state index in [9.17, 15) is 4.79 Å². The van der Waals surface area contributed by atoms with Crippen molar-refractivity contribution in [1.29, 1.82) is 0 Å². The first-order chi connectivity index (χ1) is 8.06. The molecule has 0 bridgehead atoms. The number of rotatable bonds is 5. The zero-order valence-corrected chi connectivity index (χ0v) is 10.8. The second-order valence-corrected chi connectivity index (χ2v) is 4.27. The van der Waals surface area contributed by atoms with E-state index in [1.54, 1.807) is 19.0 Å². The molecule has 1 aromatic rings. The van der Waals surface area contributed by atoms with Gasteiger partial charge < -0.3 is 15.5 Å². The van der Waals surface area contributed by atoms with Crippen molar-refractivity contribution >= 4 is 17.3 Å². The maximum atomic E-state index is 11.8. The first-order valence-corrected chi connectivity index (χ1v) is 5.85. The second-order valence-electron chi connectivity index (χ2n) is 4.27. The van der Waals surface area contributed by atoms with Crippen LogP contribution < -0.4 is 10.6 Å². The summed E-state index contributed by atoms with van der Waals surface area (Å²) in [6, 6.07) is 7.65. The van der Waals surface area contributed by atoms with Crippen LogP contribution in [-0.2, 0) is 4.79 Å². The van der Waals surface area contributed by atoms with Gasteiger partial charge in [0, 0.05) is 20.6 Å². The van der Waals surface area contributed by atoms with Crippen molar-refractivity contribution in [2.45, 2.75) is 13.3 Å². The number of para-hydroxylation sites is 2. The number of likely N-dealkylation sites (N-methyl/N-ethyl adjacent to an activating group) is 1. The van der Waals surface area contributed by atoms with Crippen molar-refractivity contribution in [2.75, 3.05) is 37.8 Å². The summed E-state index contributed by atoms with van der Waals surface area (Å²) < 4.78 is 0. The van der Waals surface area contributed by atoms with Crippen LogP contribution in [0.4, 0.5) is 11.4 Å². The number of nitrogens with zero attached hydrogens (tertiary/aromatic N) is 2. The number of carbonyl (C=O) groups is 1. The Kier molecular flexibility index (Phi) is 4.82. The minimum Gasteiger partial charge on any atom is -0.397 e. The average Bonchev–Trinajstić information content (AvgIpc) is 2.29. The topological polar surface area (TPSA) is 49.6 Å². The van der Waals surface area contributed by atoms with E-state index in [1.807, 2.05) is 29.2 Å². The van der Waals surface area contributed by atoms with Gasteiger partial charge in [-0.15, -0.1) is 0 Å². The number of hydrogen-bond acceptors (Lipinski definition) is 3. The fourth-order valence-corrected chi connectivity index (χ4v) is 1.63. The number of amides is 1. The lowest BCUT2D eigenvalue weighted by atomic mass is 10.2. The molecule has 1 aromatic carbocycles. The minimum absolute atomic E-state index is 0.0849. The molecule has 4 nitrogen and oxygen atoms in total. The molecule has 0 aliphatic rings. The van der Waals surface area contributed by atoms with E-state index in [1.165, 1.54) is 0 Å². The highest BCUT2D eigenvalue weighted by atomic mass is 16.2. The van der Waals surface area contributed by atoms with Crippen molar-refractivity contribution in [2.24, 2.45) is 0 Å². The summed E-state index contributed by atoms with van der Waals surface area (Å²) >= 11 is 0. The van der Waals surface area contributed by atoms with Crippen molar-refractivity contribution in [3.05, 3.63) is 24.3 Å². The van der Waals surface area contributed by atoms with Crippen LogP contribution in [0.2, 0.25) is 0 Å². The molecule has 17 heavy (non-hydrogen) atoms. The Balaban J connectivity index is 2.86. The predicted octanol–water partition coefficient (Wildman–Crippen LogP) is 1.57. The Bertz CT molecular complexity index is 377. The highest BCUT2D eigenvalue weighted by Crippen LogP contribution is 2.22. The zero-order chi connectivity index (χ0) is 12.8. The van der Waals surface area contributed by atoms with Gasteiger partial charge in [0.05, 0.1) is 17.9 Å². The lowest BCUT2D eigenvalue weighted by Gasteiger charge is -2.26. The van der Waals surface area contributed by atoms with Crippen LogP contribution in [0.5, 0.6) is 0 Å². The van der Waals surface area contributed by atoms with E-state index in [2.05, 4.69) is 6.92 Å². The molecular weight excluding hydrogens is 214 g/mol. The van der Waals surface area contributed by atoms with E-state index in [0.29, 0.717) is 12.2 Å². The van der Waals surface area contributed by atoms with Crippen LogP contribution in [0.3, 0.4) is 0 Å². The van der Waals surface area contributed by atoms with Crippen LogP contribution in [0, 0.1) is 0 Å². The smallest absolute Gasteiger partial charge is 0.241 e. The Morgan fingerprint density at radius 1 is 1.29 bits per heavy atom. The molecule has 1 amide bonds. The Hall–Kier alpha value is -1.71. The van der Waals surface area contributed by atoms with Crippen LogP contribution in [0.1, 0.15) is 13.3 Å². The summed E-state index contributed by atoms with van der Waals surface area (Å²) in [6.07, 6.45) is 0.981. The number of nitrogens with two attached hydrogens (primary N) is 1. The molecular formula is C13H21N3O. The second kappa shape index (κ2) is 6.13. The standard InChI is InChI=1S/C13H21N3O/c1-4-9-16(10-13(17)15(2)3)12-8-6-5-7-11(12)14/h5-8H,4,9-10,14H2,1-3H3. The molecule has 0 aliphatic carbocycles. The van der Waals surface area contributed by atoms with Crippen LogP contribution in [0.15, 0.2) is 24.3 Å². The van der Waals surface area contributed by atoms with Gasteiger partial charge in [0.25, 0.3) is 0 Å². The SMILES string of the molecule is CCCN(CC(=O)N(C)C)c1ccccc1N. The number of carbonyl (C=O) groups excluding carboxylic acids is 1. The number of benzene rings is 1. The van der Waals surface area contributed by atoms with Gasteiger partial charge in [-0.3, -0.25) is 4.79 Å². The third-order valence-corrected chi connectivity index (χ3v) is 2.60. The maximum absolute atomic E-state index is 11.8. The molecule has 0 unspecified atom stereocenters. The highest BCUT2D eigenvalue weighted by molar-refractivity contribution is 5.82. The van der Waals surface area contributed by atoms with Crippen molar-refractivity contribution < 1.29 is 4.79 Å². The van der Waals surface area contributed by atoms with Gasteiger partial charge in [-0.1, -0.05) is 19.1 Å². The van der Waals surface area contributed by atoms with E-state index >= 15 is 0 Å². The fraction of sp³-hybridized carbons (Fsp3) is 0.462. The molecule has 2 N–H and O–H groups in total. The van der Waals surface area contributed by atoms with Gasteiger partial charge in [0.15, 0.2) is 0 Å². The molecule has 1 rings (SSSR count). The molecule has 0 atom stereocenters. The first kappa shape index (κ1) is 13.4. The minimum atomic E-state index is 0.0849. The lowest BCUT2D eigenvalue weighted by Crippen LogP contribution is -2.37. The molecule has 0 fully saturated rings. The largest absolute Gasteiger partial charge is 0.397 e. The molecule has 0 radical (unpaired) electrons. The van der Waals surface area contributed by atoms with Gasteiger partial charge in [0.1, 0.15) is 0 Å². The number of hydrogen-bond donors (Lipinski definition) is 1. The van der Waals surface area contributed by atoms with Crippen LogP contribution in [0.25, 0.3) is 0 Å². The van der Waals surface area contributed by atoms with Crippen molar-refractivity contribution in [3.8, 4) is 0 Å². The molecule has 0 aliphatic heterocycles. The summed E-state index contributed by atoms with van der Waals surface area (Å²) in [7, 11) is 3.53. The molecule has 0 saturated heterocycles. The fourth-order valence-electron chi connectivity index (χ4n) is 1.63. The summed E-state index contributed by atoms with van der Waals surface area (Å²) in [5.74, 6) is 0.0849. The first-order valence-electron chi connectivity index (χ1n) is 5.85. The summed E-state index contributed by atoms with van der Waals surface area (Å²) in [5, 5.41) is 0. The van der Waals surface area contributed by atoms with Crippen molar-refractivity contribution in [3.63, 3.8) is 0 Å². The molecule has 4 heteroatoms. The zero-order valence-electron chi connectivity index (χ0n) is 10.8. The third kappa shape index (κ3) is 3.66.